The van der Waals surface area contributed by atoms with Crippen molar-refractivity contribution in [3.63, 3.8) is 0 Å². The number of nitrogen functional groups attached to an aromatic ring is 1. The molecule has 19 heavy (non-hydrogen) atoms. The van der Waals surface area contributed by atoms with E-state index < -0.39 is 0 Å². The number of hydrogen-bond acceptors (Lipinski definition) is 4. The molecule has 0 saturated carbocycles. The van der Waals surface area contributed by atoms with Crippen LogP contribution in [-0.2, 0) is 12.8 Å². The lowest BCUT2D eigenvalue weighted by Gasteiger charge is -2.19. The number of aromatic nitrogens is 2. The second kappa shape index (κ2) is 6.29. The molecule has 100 valence electrons. The zero-order chi connectivity index (χ0) is 13.7. The van der Waals surface area contributed by atoms with Crippen LogP contribution in [0.5, 0.6) is 0 Å². The van der Waals surface area contributed by atoms with Gasteiger partial charge >= 0.3 is 0 Å². The fourth-order valence-corrected chi connectivity index (χ4v) is 2.23. The summed E-state index contributed by atoms with van der Waals surface area (Å²) in [4.78, 5) is 8.66. The smallest absolute Gasteiger partial charge is 0.0608 e. The largest absolute Gasteiger partial charge is 0.398 e. The molecule has 1 unspecified atom stereocenters. The van der Waals surface area contributed by atoms with E-state index in [1.54, 1.807) is 6.20 Å². The first-order valence-corrected chi connectivity index (χ1v) is 6.55. The van der Waals surface area contributed by atoms with Crippen LogP contribution in [0.4, 0.5) is 5.69 Å². The summed E-state index contributed by atoms with van der Waals surface area (Å²) in [5, 5.41) is 3.32. The topological polar surface area (TPSA) is 63.8 Å². The SMILES string of the molecule is CCc1cccnc1C(Cc1cnccc1N)NC. The van der Waals surface area contributed by atoms with Crippen molar-refractivity contribution in [2.75, 3.05) is 12.8 Å². The van der Waals surface area contributed by atoms with Gasteiger partial charge in [-0.2, -0.15) is 0 Å². The van der Waals surface area contributed by atoms with Gasteiger partial charge in [-0.1, -0.05) is 13.0 Å². The highest BCUT2D eigenvalue weighted by atomic mass is 14.9. The molecule has 2 rings (SSSR count). The van der Waals surface area contributed by atoms with Crippen LogP contribution >= 0.6 is 0 Å². The molecule has 4 heteroatoms. The molecule has 0 spiro atoms. The molecule has 2 aromatic heterocycles. The number of nitrogens with one attached hydrogen (secondary N) is 1. The minimum Gasteiger partial charge on any atom is -0.398 e. The van der Waals surface area contributed by atoms with Gasteiger partial charge in [-0.15, -0.1) is 0 Å². The average Bonchev–Trinajstić information content (AvgIpc) is 2.46. The van der Waals surface area contributed by atoms with E-state index in [9.17, 15) is 0 Å². The molecule has 2 heterocycles. The predicted octanol–water partition coefficient (Wildman–Crippen LogP) is 2.12. The van der Waals surface area contributed by atoms with E-state index in [2.05, 4.69) is 28.3 Å². The Labute approximate surface area is 114 Å². The summed E-state index contributed by atoms with van der Waals surface area (Å²) in [6, 6.07) is 6.09. The summed E-state index contributed by atoms with van der Waals surface area (Å²) in [5.41, 5.74) is 10.2. The number of likely N-dealkylation sites (N-methyl/N-ethyl adjacent to an activating group) is 1. The molecule has 4 nitrogen and oxygen atoms in total. The fourth-order valence-electron chi connectivity index (χ4n) is 2.23. The summed E-state index contributed by atoms with van der Waals surface area (Å²) in [5.74, 6) is 0. The molecule has 2 aromatic rings. The highest BCUT2D eigenvalue weighted by molar-refractivity contribution is 5.45. The Balaban J connectivity index is 2.28. The third kappa shape index (κ3) is 3.09. The van der Waals surface area contributed by atoms with E-state index in [1.807, 2.05) is 31.6 Å². The van der Waals surface area contributed by atoms with Gasteiger partial charge < -0.3 is 11.1 Å². The van der Waals surface area contributed by atoms with Crippen molar-refractivity contribution in [1.29, 1.82) is 0 Å². The Kier molecular flexibility index (Phi) is 4.47. The first-order chi connectivity index (χ1) is 9.26. The maximum Gasteiger partial charge on any atom is 0.0608 e. The third-order valence-corrected chi connectivity index (χ3v) is 3.35. The fraction of sp³-hybridized carbons (Fsp3) is 0.333. The summed E-state index contributed by atoms with van der Waals surface area (Å²) in [7, 11) is 1.95. The number of nitrogens with two attached hydrogens (primary N) is 1. The Hall–Kier alpha value is -1.94. The number of nitrogens with zero attached hydrogens (tertiary/aromatic N) is 2. The highest BCUT2D eigenvalue weighted by Gasteiger charge is 2.16. The molecule has 0 saturated heterocycles. The highest BCUT2D eigenvalue weighted by Crippen LogP contribution is 2.22. The van der Waals surface area contributed by atoms with Gasteiger partial charge in [0, 0.05) is 24.3 Å². The van der Waals surface area contributed by atoms with Gasteiger partial charge in [-0.25, -0.2) is 0 Å². The molecule has 1 atom stereocenters. The van der Waals surface area contributed by atoms with Gasteiger partial charge in [0.2, 0.25) is 0 Å². The molecule has 0 amide bonds. The van der Waals surface area contributed by atoms with E-state index in [-0.39, 0.29) is 6.04 Å². The lowest BCUT2D eigenvalue weighted by molar-refractivity contribution is 0.570. The van der Waals surface area contributed by atoms with Gasteiger partial charge in [0.1, 0.15) is 0 Å². The minimum atomic E-state index is 0.155. The van der Waals surface area contributed by atoms with Crippen molar-refractivity contribution < 1.29 is 0 Å². The zero-order valence-electron chi connectivity index (χ0n) is 11.4. The van der Waals surface area contributed by atoms with Crippen molar-refractivity contribution in [3.8, 4) is 0 Å². The quantitative estimate of drug-likeness (QED) is 0.860. The Morgan fingerprint density at radius 2 is 2.11 bits per heavy atom. The van der Waals surface area contributed by atoms with Crippen LogP contribution < -0.4 is 11.1 Å². The van der Waals surface area contributed by atoms with Crippen LogP contribution in [0.1, 0.15) is 29.8 Å². The second-order valence-corrected chi connectivity index (χ2v) is 4.52. The van der Waals surface area contributed by atoms with E-state index in [0.29, 0.717) is 0 Å². The molecule has 0 bridgehead atoms. The number of anilines is 1. The van der Waals surface area contributed by atoms with Crippen LogP contribution in [0, 0.1) is 0 Å². The van der Waals surface area contributed by atoms with Crippen molar-refractivity contribution >= 4 is 5.69 Å². The summed E-state index contributed by atoms with van der Waals surface area (Å²) < 4.78 is 0. The number of hydrogen-bond donors (Lipinski definition) is 2. The predicted molar refractivity (Wildman–Crippen MR) is 77.8 cm³/mol. The Morgan fingerprint density at radius 1 is 1.26 bits per heavy atom. The van der Waals surface area contributed by atoms with E-state index in [4.69, 9.17) is 5.73 Å². The van der Waals surface area contributed by atoms with Crippen molar-refractivity contribution in [2.45, 2.75) is 25.8 Å². The Bertz CT molecular complexity index is 539. The minimum absolute atomic E-state index is 0.155. The van der Waals surface area contributed by atoms with Gasteiger partial charge in [-0.3, -0.25) is 9.97 Å². The van der Waals surface area contributed by atoms with Crippen LogP contribution in [0.2, 0.25) is 0 Å². The maximum atomic E-state index is 5.98. The molecule has 0 fully saturated rings. The molecule has 0 aromatic carbocycles. The first kappa shape index (κ1) is 13.5. The summed E-state index contributed by atoms with van der Waals surface area (Å²) in [6.45, 7) is 2.14. The lowest BCUT2D eigenvalue weighted by Crippen LogP contribution is -2.22. The van der Waals surface area contributed by atoms with E-state index in [0.717, 1.165) is 29.8 Å². The van der Waals surface area contributed by atoms with Crippen LogP contribution in [0.25, 0.3) is 0 Å². The Morgan fingerprint density at radius 3 is 2.79 bits per heavy atom. The van der Waals surface area contributed by atoms with Gasteiger partial charge in [0.15, 0.2) is 0 Å². The van der Waals surface area contributed by atoms with Gasteiger partial charge in [-0.05, 0) is 43.1 Å². The normalized spacial score (nSPS) is 12.3. The van der Waals surface area contributed by atoms with Crippen molar-refractivity contribution in [3.05, 3.63) is 53.6 Å². The maximum absolute atomic E-state index is 5.98. The van der Waals surface area contributed by atoms with Gasteiger partial charge in [0.25, 0.3) is 0 Å². The van der Waals surface area contributed by atoms with E-state index in [1.165, 1.54) is 5.56 Å². The second-order valence-electron chi connectivity index (χ2n) is 4.52. The lowest BCUT2D eigenvalue weighted by atomic mass is 9.98. The van der Waals surface area contributed by atoms with Crippen LogP contribution in [0.15, 0.2) is 36.8 Å². The molecule has 0 aliphatic carbocycles. The van der Waals surface area contributed by atoms with Crippen LogP contribution in [0.3, 0.4) is 0 Å². The molecule has 0 aliphatic rings. The third-order valence-electron chi connectivity index (χ3n) is 3.35. The molecular weight excluding hydrogens is 236 g/mol. The van der Waals surface area contributed by atoms with Crippen molar-refractivity contribution in [2.24, 2.45) is 0 Å². The molecular formula is C15H20N4. The van der Waals surface area contributed by atoms with E-state index >= 15 is 0 Å². The zero-order valence-corrected chi connectivity index (χ0v) is 11.4. The summed E-state index contributed by atoms with van der Waals surface area (Å²) >= 11 is 0. The standard InChI is InChI=1S/C15H20N4/c1-3-11-5-4-7-19-15(11)14(17-2)9-12-10-18-8-6-13(12)16/h4-8,10,14,17H,3,9H2,1-2H3,(H2,16,18). The summed E-state index contributed by atoms with van der Waals surface area (Å²) in [6.07, 6.45) is 7.15. The first-order valence-electron chi connectivity index (χ1n) is 6.55. The van der Waals surface area contributed by atoms with Gasteiger partial charge in [0.05, 0.1) is 11.7 Å². The molecule has 0 radical (unpaired) electrons. The van der Waals surface area contributed by atoms with Crippen LogP contribution in [-0.4, -0.2) is 17.0 Å². The molecule has 3 N–H and O–H groups in total. The average molecular weight is 256 g/mol. The molecule has 0 aliphatic heterocycles. The monoisotopic (exact) mass is 256 g/mol. The number of aryl methyl sites for hydroxylation is 1. The van der Waals surface area contributed by atoms with Crippen molar-refractivity contribution in [1.82, 2.24) is 15.3 Å². The number of rotatable bonds is 5. The number of pyridine rings is 2.